The summed E-state index contributed by atoms with van der Waals surface area (Å²) >= 11 is 1.47. The number of rotatable bonds is 5. The van der Waals surface area contributed by atoms with E-state index >= 15 is 0 Å². The number of nitrogens with zero attached hydrogens (tertiary/aromatic N) is 3. The Morgan fingerprint density at radius 2 is 2.18 bits per heavy atom. The molecule has 1 heterocycles. The van der Waals surface area contributed by atoms with Gasteiger partial charge in [0.2, 0.25) is 0 Å². The lowest BCUT2D eigenvalue weighted by Gasteiger charge is -2.10. The molecule has 0 aromatic carbocycles. The van der Waals surface area contributed by atoms with Crippen LogP contribution in [0, 0.1) is 13.8 Å². The first kappa shape index (κ1) is 13.7. The average molecular weight is 256 g/mol. The second-order valence-corrected chi connectivity index (χ2v) is 4.50. The Labute approximate surface area is 104 Å². The van der Waals surface area contributed by atoms with E-state index in [0.29, 0.717) is 17.2 Å². The van der Waals surface area contributed by atoms with Gasteiger partial charge in [-0.3, -0.25) is 0 Å². The van der Waals surface area contributed by atoms with Crippen LogP contribution in [-0.4, -0.2) is 40.7 Å². The molecule has 3 N–H and O–H groups in total. The van der Waals surface area contributed by atoms with E-state index in [4.69, 9.17) is 15.7 Å². The van der Waals surface area contributed by atoms with Crippen molar-refractivity contribution in [2.45, 2.75) is 18.9 Å². The zero-order valence-electron chi connectivity index (χ0n) is 10.1. The van der Waals surface area contributed by atoms with Crippen LogP contribution in [0.5, 0.6) is 0 Å². The molecule has 0 aliphatic heterocycles. The summed E-state index contributed by atoms with van der Waals surface area (Å²) in [6.45, 7) is 4.31. The van der Waals surface area contributed by atoms with E-state index in [1.165, 1.54) is 11.8 Å². The number of aryl methyl sites for hydroxylation is 1. The number of thioether (sulfide) groups is 1. The van der Waals surface area contributed by atoms with Crippen LogP contribution in [-0.2, 0) is 4.74 Å². The molecular formula is C10H16N4O2S. The van der Waals surface area contributed by atoms with Crippen LogP contribution < -0.4 is 5.73 Å². The normalized spacial score (nSPS) is 11.8. The van der Waals surface area contributed by atoms with Crippen LogP contribution in [0.3, 0.4) is 0 Å². The minimum atomic E-state index is 0.0559. The third-order valence-electron chi connectivity index (χ3n) is 2.31. The van der Waals surface area contributed by atoms with Crippen molar-refractivity contribution in [1.82, 2.24) is 10.2 Å². The van der Waals surface area contributed by atoms with Crippen LogP contribution in [0.4, 0.5) is 0 Å². The Bertz CT molecular complexity index is 423. The van der Waals surface area contributed by atoms with Gasteiger partial charge in [0.25, 0.3) is 0 Å². The number of amidine groups is 1. The zero-order valence-corrected chi connectivity index (χ0v) is 10.9. The predicted molar refractivity (Wildman–Crippen MR) is 66.6 cm³/mol. The monoisotopic (exact) mass is 256 g/mol. The molecular weight excluding hydrogens is 240 g/mol. The fourth-order valence-electron chi connectivity index (χ4n) is 1.26. The van der Waals surface area contributed by atoms with Crippen molar-refractivity contribution >= 4 is 17.6 Å². The predicted octanol–water partition coefficient (Wildman–Crippen LogP) is 0.926. The van der Waals surface area contributed by atoms with Crippen molar-refractivity contribution in [1.29, 1.82) is 0 Å². The minimum absolute atomic E-state index is 0.0559. The molecule has 1 aromatic heterocycles. The highest BCUT2D eigenvalue weighted by molar-refractivity contribution is 7.99. The highest BCUT2D eigenvalue weighted by Crippen LogP contribution is 2.23. The molecule has 0 radical (unpaired) electrons. The molecule has 0 saturated carbocycles. The zero-order chi connectivity index (χ0) is 12.8. The van der Waals surface area contributed by atoms with Gasteiger partial charge in [0, 0.05) is 12.9 Å². The minimum Gasteiger partial charge on any atom is -0.409 e. The van der Waals surface area contributed by atoms with Crippen LogP contribution in [0.2, 0.25) is 0 Å². The molecule has 6 nitrogen and oxygen atoms in total. The van der Waals surface area contributed by atoms with Gasteiger partial charge < -0.3 is 15.7 Å². The summed E-state index contributed by atoms with van der Waals surface area (Å²) in [4.78, 5) is 0. The first-order valence-corrected chi connectivity index (χ1v) is 6.03. The number of ether oxygens (including phenoxy) is 1. The van der Waals surface area contributed by atoms with Gasteiger partial charge in [-0.2, -0.15) is 5.10 Å². The number of hydrogen-bond donors (Lipinski definition) is 2. The van der Waals surface area contributed by atoms with Gasteiger partial charge in [0.1, 0.15) is 5.03 Å². The fourth-order valence-corrected chi connectivity index (χ4v) is 2.20. The van der Waals surface area contributed by atoms with Crippen LogP contribution in [0.15, 0.2) is 10.2 Å². The largest absolute Gasteiger partial charge is 0.409 e. The van der Waals surface area contributed by atoms with Crippen LogP contribution in [0.25, 0.3) is 0 Å². The summed E-state index contributed by atoms with van der Waals surface area (Å²) in [5.74, 6) is 0.791. The topological polar surface area (TPSA) is 93.6 Å². The Morgan fingerprint density at radius 3 is 2.76 bits per heavy atom. The SMILES string of the molecule is COCCSc1nnc(C)c(C)c1/C(N)=N/O. The maximum atomic E-state index is 8.78. The van der Waals surface area contributed by atoms with E-state index < -0.39 is 0 Å². The molecule has 94 valence electrons. The summed E-state index contributed by atoms with van der Waals surface area (Å²) in [5.41, 5.74) is 7.93. The van der Waals surface area contributed by atoms with Gasteiger partial charge >= 0.3 is 0 Å². The van der Waals surface area contributed by atoms with Crippen molar-refractivity contribution in [3.05, 3.63) is 16.8 Å². The van der Waals surface area contributed by atoms with E-state index in [2.05, 4.69) is 15.4 Å². The second-order valence-electron chi connectivity index (χ2n) is 3.42. The van der Waals surface area contributed by atoms with E-state index in [-0.39, 0.29) is 5.84 Å². The molecule has 0 saturated heterocycles. The molecule has 0 unspecified atom stereocenters. The highest BCUT2D eigenvalue weighted by atomic mass is 32.2. The van der Waals surface area contributed by atoms with E-state index in [9.17, 15) is 0 Å². The second kappa shape index (κ2) is 6.41. The number of methoxy groups -OCH3 is 1. The quantitative estimate of drug-likeness (QED) is 0.203. The molecule has 17 heavy (non-hydrogen) atoms. The van der Waals surface area contributed by atoms with Crippen molar-refractivity contribution in [2.75, 3.05) is 19.5 Å². The highest BCUT2D eigenvalue weighted by Gasteiger charge is 2.15. The first-order chi connectivity index (χ1) is 8.11. The summed E-state index contributed by atoms with van der Waals surface area (Å²) < 4.78 is 4.96. The van der Waals surface area contributed by atoms with Gasteiger partial charge in [-0.25, -0.2) is 0 Å². The molecule has 0 atom stereocenters. The summed E-state index contributed by atoms with van der Waals surface area (Å²) in [7, 11) is 1.64. The molecule has 7 heteroatoms. The Hall–Kier alpha value is -1.34. The third kappa shape index (κ3) is 3.31. The first-order valence-electron chi connectivity index (χ1n) is 5.05. The lowest BCUT2D eigenvalue weighted by molar-refractivity contribution is 0.218. The third-order valence-corrected chi connectivity index (χ3v) is 3.24. The van der Waals surface area contributed by atoms with Gasteiger partial charge in [0.15, 0.2) is 5.84 Å². The van der Waals surface area contributed by atoms with Crippen molar-refractivity contribution < 1.29 is 9.94 Å². The number of nitrogens with two attached hydrogens (primary N) is 1. The summed E-state index contributed by atoms with van der Waals surface area (Å²) in [6, 6.07) is 0. The lowest BCUT2D eigenvalue weighted by atomic mass is 10.1. The number of hydrogen-bond acceptors (Lipinski definition) is 6. The molecule has 0 amide bonds. The molecule has 0 aliphatic carbocycles. The Morgan fingerprint density at radius 1 is 1.47 bits per heavy atom. The van der Waals surface area contributed by atoms with Crippen molar-refractivity contribution in [3.63, 3.8) is 0 Å². The Balaban J connectivity index is 3.07. The summed E-state index contributed by atoms with van der Waals surface area (Å²) in [6.07, 6.45) is 0. The number of oxime groups is 1. The van der Waals surface area contributed by atoms with E-state index in [1.807, 2.05) is 13.8 Å². The van der Waals surface area contributed by atoms with Gasteiger partial charge in [0.05, 0.1) is 17.9 Å². The van der Waals surface area contributed by atoms with Crippen LogP contribution in [0.1, 0.15) is 16.8 Å². The maximum absolute atomic E-state index is 8.78. The number of aromatic nitrogens is 2. The van der Waals surface area contributed by atoms with Crippen molar-refractivity contribution in [2.24, 2.45) is 10.9 Å². The molecule has 0 bridgehead atoms. The Kier molecular flexibility index (Phi) is 5.17. The van der Waals surface area contributed by atoms with E-state index in [1.54, 1.807) is 7.11 Å². The fraction of sp³-hybridized carbons (Fsp3) is 0.500. The van der Waals surface area contributed by atoms with Crippen molar-refractivity contribution in [3.8, 4) is 0 Å². The maximum Gasteiger partial charge on any atom is 0.173 e. The lowest BCUT2D eigenvalue weighted by Crippen LogP contribution is -2.18. The average Bonchev–Trinajstić information content (AvgIpc) is 2.33. The van der Waals surface area contributed by atoms with Crippen LogP contribution >= 0.6 is 11.8 Å². The molecule has 0 spiro atoms. The van der Waals surface area contributed by atoms with Gasteiger partial charge in [-0.05, 0) is 19.4 Å². The van der Waals surface area contributed by atoms with Gasteiger partial charge in [-0.1, -0.05) is 5.16 Å². The van der Waals surface area contributed by atoms with Gasteiger partial charge in [-0.15, -0.1) is 16.9 Å². The summed E-state index contributed by atoms with van der Waals surface area (Å²) in [5, 5.41) is 20.6. The van der Waals surface area contributed by atoms with E-state index in [0.717, 1.165) is 17.0 Å². The standard InChI is InChI=1S/C10H16N4O2S/c1-6-7(2)12-13-10(17-5-4-16-3)8(6)9(11)14-15/h15H,4-5H2,1-3H3,(H2,11,14). The molecule has 0 aliphatic rings. The molecule has 1 aromatic rings. The smallest absolute Gasteiger partial charge is 0.173 e. The molecule has 0 fully saturated rings. The molecule has 1 rings (SSSR count).